The highest BCUT2D eigenvalue weighted by molar-refractivity contribution is 5.91. The van der Waals surface area contributed by atoms with Crippen LogP contribution >= 0.6 is 0 Å². The molecule has 2 aliphatic heterocycles. The van der Waals surface area contributed by atoms with Crippen LogP contribution in [0.4, 0.5) is 4.79 Å². The molecule has 0 radical (unpaired) electrons. The van der Waals surface area contributed by atoms with Crippen LogP contribution in [0.3, 0.4) is 0 Å². The number of ketones is 1. The lowest BCUT2D eigenvalue weighted by molar-refractivity contribution is -0.116. The number of amides is 1. The molecule has 7 rings (SSSR count). The van der Waals surface area contributed by atoms with E-state index in [1.807, 2.05) is 41.3 Å². The van der Waals surface area contributed by atoms with Crippen LogP contribution in [0, 0.1) is 35.0 Å². The maximum Gasteiger partial charge on any atom is 0.410 e. The first-order valence-electron chi connectivity index (χ1n) is 16.3. The average molecular weight is 558 g/mol. The lowest BCUT2D eigenvalue weighted by Crippen LogP contribution is -2.54. The predicted molar refractivity (Wildman–Crippen MR) is 159 cm³/mol. The molecule has 2 saturated carbocycles. The molecular weight excluding hydrogens is 510 g/mol. The molecule has 2 saturated heterocycles. The van der Waals surface area contributed by atoms with Gasteiger partial charge in [0.25, 0.3) is 0 Å². The molecule has 4 fully saturated rings. The van der Waals surface area contributed by atoms with Crippen LogP contribution in [0.25, 0.3) is 0 Å². The van der Waals surface area contributed by atoms with Crippen molar-refractivity contribution in [1.82, 2.24) is 4.90 Å². The van der Waals surface area contributed by atoms with Gasteiger partial charge in [0, 0.05) is 18.9 Å². The molecule has 5 nitrogen and oxygen atoms in total. The van der Waals surface area contributed by atoms with Gasteiger partial charge in [-0.15, -0.1) is 0 Å². The van der Waals surface area contributed by atoms with Crippen molar-refractivity contribution in [2.45, 2.75) is 110 Å². The fraction of sp³-hybridized carbons (Fsp3) is 0.667. The molecule has 1 spiro atoms. The fourth-order valence-electron chi connectivity index (χ4n) is 10.4. The highest BCUT2D eigenvalue weighted by atomic mass is 16.6. The van der Waals surface area contributed by atoms with E-state index in [1.165, 1.54) is 24.8 Å². The second-order valence-corrected chi connectivity index (χ2v) is 14.7. The summed E-state index contributed by atoms with van der Waals surface area (Å²) in [4.78, 5) is 27.8. The lowest BCUT2D eigenvalue weighted by Gasteiger charge is -2.48. The number of ether oxygens (including phenoxy) is 2. The number of hydrogen-bond donors (Lipinski definition) is 0. The molecule has 4 aliphatic carbocycles. The number of fused-ring (bicyclic) bond motifs is 6. The maximum atomic E-state index is 13.5. The van der Waals surface area contributed by atoms with Gasteiger partial charge < -0.3 is 14.4 Å². The van der Waals surface area contributed by atoms with Gasteiger partial charge in [-0.1, -0.05) is 67.8 Å². The van der Waals surface area contributed by atoms with Gasteiger partial charge >= 0.3 is 6.09 Å². The van der Waals surface area contributed by atoms with E-state index in [1.54, 1.807) is 11.1 Å². The Labute approximate surface area is 245 Å². The van der Waals surface area contributed by atoms with Crippen LogP contribution in [0.1, 0.15) is 91.0 Å². The Balaban J connectivity index is 1.12. The van der Waals surface area contributed by atoms with Crippen LogP contribution < -0.4 is 0 Å². The largest absolute Gasteiger partial charge is 0.445 e. The molecule has 0 unspecified atom stereocenters. The minimum atomic E-state index is -0.213. The van der Waals surface area contributed by atoms with E-state index in [-0.39, 0.29) is 35.2 Å². The number of piperidine rings is 1. The minimum Gasteiger partial charge on any atom is -0.445 e. The monoisotopic (exact) mass is 557 g/mol. The van der Waals surface area contributed by atoms with Crippen molar-refractivity contribution in [3.63, 3.8) is 0 Å². The molecule has 9 atom stereocenters. The number of rotatable bonds is 2. The van der Waals surface area contributed by atoms with E-state index >= 15 is 0 Å². The van der Waals surface area contributed by atoms with E-state index in [0.717, 1.165) is 44.2 Å². The lowest BCUT2D eigenvalue weighted by atomic mass is 9.56. The Morgan fingerprint density at radius 1 is 1.12 bits per heavy atom. The minimum absolute atomic E-state index is 0.0685. The number of hydrogen-bond acceptors (Lipinski definition) is 4. The van der Waals surface area contributed by atoms with E-state index < -0.39 is 0 Å². The summed E-state index contributed by atoms with van der Waals surface area (Å²) in [6.07, 6.45) is 11.4. The predicted octanol–water partition coefficient (Wildman–Crippen LogP) is 7.65. The smallest absolute Gasteiger partial charge is 0.410 e. The Morgan fingerprint density at radius 3 is 2.73 bits per heavy atom. The van der Waals surface area contributed by atoms with Crippen molar-refractivity contribution >= 4 is 11.9 Å². The van der Waals surface area contributed by atoms with Gasteiger partial charge in [0.05, 0.1) is 17.7 Å². The molecule has 1 aromatic rings. The summed E-state index contributed by atoms with van der Waals surface area (Å²) in [5.74, 6) is 3.01. The number of carbonyl (C=O) groups excluding carboxylic acids is 2. The topological polar surface area (TPSA) is 55.8 Å². The highest BCUT2D eigenvalue weighted by Gasteiger charge is 2.60. The third-order valence-electron chi connectivity index (χ3n) is 12.5. The van der Waals surface area contributed by atoms with Crippen LogP contribution in [0.15, 0.2) is 53.1 Å². The van der Waals surface area contributed by atoms with E-state index in [2.05, 4.69) is 27.7 Å². The number of nitrogens with zero attached hydrogens (tertiary/aromatic N) is 1. The molecular formula is C36H47NO4. The number of likely N-dealkylation sites (tertiary alicyclic amines) is 1. The summed E-state index contributed by atoms with van der Waals surface area (Å²) in [6.45, 7) is 10.5. The molecule has 0 N–H and O–H groups in total. The Morgan fingerprint density at radius 2 is 1.93 bits per heavy atom. The maximum absolute atomic E-state index is 13.5. The molecule has 5 heteroatoms. The molecule has 1 amide bonds. The van der Waals surface area contributed by atoms with Gasteiger partial charge in [0.1, 0.15) is 6.61 Å². The summed E-state index contributed by atoms with van der Waals surface area (Å²) in [7, 11) is 0. The number of carbonyl (C=O) groups is 2. The third kappa shape index (κ3) is 4.44. The Hall–Kier alpha value is -2.40. The highest BCUT2D eigenvalue weighted by Crippen LogP contribution is 2.64. The third-order valence-corrected chi connectivity index (χ3v) is 12.5. The standard InChI is InChI=1S/C36H47NO4/c1-22-16-32-33(37(20-22)34(39)40-21-25-8-6-5-7-9-25)24(3)36(41-32)15-13-28-29-11-10-26-17-27(38)12-14-35(26,4)31(29)18-30(28)23(2)19-36/h5-9,17,22,24,28-29,31-33H,10-16,18-21H2,1-4H3/t22-,24+,28-,29-,31-,32+,33-,35-,36-/m0/s1. The first kappa shape index (κ1) is 27.4. The first-order valence-corrected chi connectivity index (χ1v) is 16.3. The van der Waals surface area contributed by atoms with Gasteiger partial charge in [0.2, 0.25) is 0 Å². The summed E-state index contributed by atoms with van der Waals surface area (Å²) in [5.41, 5.74) is 5.68. The van der Waals surface area contributed by atoms with Crippen molar-refractivity contribution in [3.8, 4) is 0 Å². The van der Waals surface area contributed by atoms with Gasteiger partial charge in [-0.05, 0) is 99.0 Å². The molecule has 2 heterocycles. The van der Waals surface area contributed by atoms with Crippen LogP contribution in [-0.2, 0) is 20.9 Å². The number of allylic oxidation sites excluding steroid dienone is 3. The normalized spacial score (nSPS) is 41.8. The van der Waals surface area contributed by atoms with Crippen molar-refractivity contribution < 1.29 is 19.1 Å². The van der Waals surface area contributed by atoms with E-state index in [0.29, 0.717) is 42.5 Å². The van der Waals surface area contributed by atoms with Crippen LogP contribution in [0.5, 0.6) is 0 Å². The zero-order valence-corrected chi connectivity index (χ0v) is 25.4. The zero-order chi connectivity index (χ0) is 28.5. The molecule has 0 bridgehead atoms. The number of benzene rings is 1. The molecule has 220 valence electrons. The summed E-state index contributed by atoms with van der Waals surface area (Å²) < 4.78 is 13.0. The second kappa shape index (κ2) is 10.1. The van der Waals surface area contributed by atoms with Crippen molar-refractivity contribution in [3.05, 3.63) is 58.7 Å². The quantitative estimate of drug-likeness (QED) is 0.351. The molecule has 41 heavy (non-hydrogen) atoms. The summed E-state index contributed by atoms with van der Waals surface area (Å²) >= 11 is 0. The average Bonchev–Trinajstić information content (AvgIpc) is 3.42. The molecule has 6 aliphatic rings. The zero-order valence-electron chi connectivity index (χ0n) is 25.4. The summed E-state index contributed by atoms with van der Waals surface area (Å²) in [5, 5.41) is 0. The summed E-state index contributed by atoms with van der Waals surface area (Å²) in [6, 6.07) is 10.0. The van der Waals surface area contributed by atoms with E-state index in [9.17, 15) is 9.59 Å². The first-order chi connectivity index (χ1) is 19.7. The molecule has 1 aromatic carbocycles. The van der Waals surface area contributed by atoms with Crippen molar-refractivity contribution in [1.29, 1.82) is 0 Å². The van der Waals surface area contributed by atoms with Crippen molar-refractivity contribution in [2.24, 2.45) is 35.0 Å². The SMILES string of the molecule is CC1=C2C[C@H]3[C@@H](CCC4=CC(=O)CC[C@@]43C)[C@@H]2CC[C@@]2(C1)O[C@@H]1C[C@H](C)CN(C(=O)OCc3ccccc3)[C@H]1[C@H]2C. The fourth-order valence-corrected chi connectivity index (χ4v) is 10.4. The van der Waals surface area contributed by atoms with Crippen molar-refractivity contribution in [2.75, 3.05) is 6.54 Å². The van der Waals surface area contributed by atoms with Gasteiger partial charge in [-0.3, -0.25) is 4.79 Å². The van der Waals surface area contributed by atoms with Gasteiger partial charge in [-0.25, -0.2) is 4.79 Å². The van der Waals surface area contributed by atoms with Gasteiger partial charge in [-0.2, -0.15) is 0 Å². The Kier molecular flexibility index (Phi) is 6.76. The molecule has 0 aromatic heterocycles. The van der Waals surface area contributed by atoms with E-state index in [4.69, 9.17) is 9.47 Å². The van der Waals surface area contributed by atoms with Crippen LogP contribution in [-0.4, -0.2) is 41.1 Å². The second-order valence-electron chi connectivity index (χ2n) is 14.7. The van der Waals surface area contributed by atoms with Gasteiger partial charge in [0.15, 0.2) is 5.78 Å². The van der Waals surface area contributed by atoms with Crippen LogP contribution in [0.2, 0.25) is 0 Å². The Bertz CT molecular complexity index is 1280.